The van der Waals surface area contributed by atoms with E-state index in [9.17, 15) is 24.3 Å². The number of hydrogen-bond donors (Lipinski definition) is 4. The molecule has 10 nitrogen and oxygen atoms in total. The van der Waals surface area contributed by atoms with E-state index in [4.69, 9.17) is 4.74 Å². The van der Waals surface area contributed by atoms with E-state index in [1.807, 2.05) is 60.8 Å². The van der Waals surface area contributed by atoms with Gasteiger partial charge in [0.05, 0.1) is 5.41 Å². The van der Waals surface area contributed by atoms with Crippen molar-refractivity contribution in [3.05, 3.63) is 71.9 Å². The van der Waals surface area contributed by atoms with Crippen LogP contribution in [0.25, 0.3) is 10.9 Å². The Morgan fingerprint density at radius 1 is 1.02 bits per heavy atom. The predicted octanol–water partition coefficient (Wildman–Crippen LogP) is 4.43. The van der Waals surface area contributed by atoms with Crippen LogP contribution >= 0.6 is 0 Å². The standard InChI is InChI=1S/C33H42N4O6/c1-31(2,3)43-30(42)36-32(4,5)28(39)35-26(18-23-20-34-25-15-10-9-14-24(23)25)27(38)37-17-11-16-33(21-37,29(40)41)19-22-12-7-6-8-13-22/h6-10,12-15,20,26,34H,11,16-19,21H2,1-5H3,(H,35,39)(H,36,42)(H,40,41)/t26-,33-/m1/s1. The molecule has 4 rings (SSSR count). The van der Waals surface area contributed by atoms with Crippen molar-refractivity contribution >= 4 is 34.8 Å². The number of hydrogen-bond acceptors (Lipinski definition) is 5. The molecule has 0 saturated carbocycles. The van der Waals surface area contributed by atoms with Crippen LogP contribution in [0.2, 0.25) is 0 Å². The maximum absolute atomic E-state index is 14.2. The molecule has 1 aromatic heterocycles. The monoisotopic (exact) mass is 590 g/mol. The number of rotatable bonds is 9. The van der Waals surface area contributed by atoms with E-state index in [0.717, 1.165) is 22.0 Å². The largest absolute Gasteiger partial charge is 0.481 e. The Hall–Kier alpha value is -4.34. The zero-order valence-electron chi connectivity index (χ0n) is 25.5. The number of aromatic nitrogens is 1. The van der Waals surface area contributed by atoms with E-state index in [1.165, 1.54) is 13.8 Å². The third-order valence-corrected chi connectivity index (χ3v) is 7.81. The number of benzene rings is 2. The third-order valence-electron chi connectivity index (χ3n) is 7.81. The number of amides is 3. The van der Waals surface area contributed by atoms with E-state index in [-0.39, 0.29) is 18.9 Å². The van der Waals surface area contributed by atoms with Gasteiger partial charge in [-0.15, -0.1) is 0 Å². The zero-order chi connectivity index (χ0) is 31.4. The minimum absolute atomic E-state index is 0.0237. The van der Waals surface area contributed by atoms with Crippen LogP contribution in [0.3, 0.4) is 0 Å². The van der Waals surface area contributed by atoms with Crippen molar-refractivity contribution in [3.63, 3.8) is 0 Å². The number of carbonyl (C=O) groups excluding carboxylic acids is 3. The Bertz CT molecular complexity index is 1480. The number of aliphatic carboxylic acids is 1. The van der Waals surface area contributed by atoms with Gasteiger partial charge in [-0.05, 0) is 71.1 Å². The van der Waals surface area contributed by atoms with Gasteiger partial charge >= 0.3 is 12.1 Å². The highest BCUT2D eigenvalue weighted by Crippen LogP contribution is 2.35. The Kier molecular flexibility index (Phi) is 9.18. The molecule has 43 heavy (non-hydrogen) atoms. The molecule has 1 saturated heterocycles. The summed E-state index contributed by atoms with van der Waals surface area (Å²) >= 11 is 0. The van der Waals surface area contributed by atoms with Crippen molar-refractivity contribution in [1.82, 2.24) is 20.5 Å². The number of aromatic amines is 1. The second-order valence-corrected chi connectivity index (χ2v) is 13.0. The van der Waals surface area contributed by atoms with Gasteiger partial charge < -0.3 is 30.4 Å². The Balaban J connectivity index is 1.60. The number of H-pyrrole nitrogens is 1. The second kappa shape index (κ2) is 12.5. The molecule has 3 aromatic rings. The average Bonchev–Trinajstić information content (AvgIpc) is 3.34. The lowest BCUT2D eigenvalue weighted by Crippen LogP contribution is -2.61. The molecule has 0 spiro atoms. The number of para-hydroxylation sites is 1. The molecular weight excluding hydrogens is 548 g/mol. The van der Waals surface area contributed by atoms with Gasteiger partial charge in [0.1, 0.15) is 17.2 Å². The molecule has 10 heteroatoms. The van der Waals surface area contributed by atoms with Crippen LogP contribution in [-0.4, -0.2) is 69.1 Å². The Morgan fingerprint density at radius 2 is 1.70 bits per heavy atom. The molecule has 3 amide bonds. The van der Waals surface area contributed by atoms with Crippen molar-refractivity contribution in [2.75, 3.05) is 13.1 Å². The van der Waals surface area contributed by atoms with E-state index < -0.39 is 40.6 Å². The maximum atomic E-state index is 14.2. The molecule has 0 aliphatic carbocycles. The molecular formula is C33H42N4O6. The highest BCUT2D eigenvalue weighted by atomic mass is 16.6. The summed E-state index contributed by atoms with van der Waals surface area (Å²) in [5.41, 5.74) is -0.693. The maximum Gasteiger partial charge on any atom is 0.408 e. The lowest BCUT2D eigenvalue weighted by Gasteiger charge is -2.41. The normalized spacial score (nSPS) is 18.1. The van der Waals surface area contributed by atoms with Crippen molar-refractivity contribution in [1.29, 1.82) is 0 Å². The van der Waals surface area contributed by atoms with Gasteiger partial charge in [-0.3, -0.25) is 14.4 Å². The highest BCUT2D eigenvalue weighted by Gasteiger charge is 2.45. The number of piperidine rings is 1. The number of carbonyl (C=O) groups is 4. The summed E-state index contributed by atoms with van der Waals surface area (Å²) in [6, 6.07) is 16.1. The van der Waals surface area contributed by atoms with Crippen LogP contribution in [-0.2, 0) is 32.0 Å². The Morgan fingerprint density at radius 3 is 2.37 bits per heavy atom. The fourth-order valence-electron chi connectivity index (χ4n) is 5.60. The number of fused-ring (bicyclic) bond motifs is 1. The van der Waals surface area contributed by atoms with Gasteiger partial charge in [0.15, 0.2) is 0 Å². The third kappa shape index (κ3) is 7.74. The van der Waals surface area contributed by atoms with Gasteiger partial charge in [-0.1, -0.05) is 48.5 Å². The summed E-state index contributed by atoms with van der Waals surface area (Å²) < 4.78 is 5.33. The lowest BCUT2D eigenvalue weighted by atomic mass is 9.75. The van der Waals surface area contributed by atoms with E-state index in [2.05, 4.69) is 15.6 Å². The van der Waals surface area contributed by atoms with Crippen molar-refractivity contribution in [2.24, 2.45) is 5.41 Å². The first kappa shape index (κ1) is 31.6. The van der Waals surface area contributed by atoms with Crippen LogP contribution < -0.4 is 10.6 Å². The van der Waals surface area contributed by atoms with Gasteiger partial charge in [0.25, 0.3) is 0 Å². The number of alkyl carbamates (subject to hydrolysis) is 1. The van der Waals surface area contributed by atoms with Crippen LogP contribution in [0.1, 0.15) is 58.6 Å². The minimum atomic E-state index is -1.40. The Labute approximate surface area is 252 Å². The molecule has 2 heterocycles. The quantitative estimate of drug-likeness (QED) is 0.291. The summed E-state index contributed by atoms with van der Waals surface area (Å²) in [5, 5.41) is 16.8. The smallest absolute Gasteiger partial charge is 0.408 e. The summed E-state index contributed by atoms with van der Waals surface area (Å²) in [5.74, 6) is -1.89. The van der Waals surface area contributed by atoms with Gasteiger partial charge in [-0.2, -0.15) is 0 Å². The first-order valence-electron chi connectivity index (χ1n) is 14.6. The summed E-state index contributed by atoms with van der Waals surface area (Å²) in [6.07, 6.45) is 2.48. The zero-order valence-corrected chi connectivity index (χ0v) is 25.5. The van der Waals surface area contributed by atoms with Crippen LogP contribution in [0.5, 0.6) is 0 Å². The SMILES string of the molecule is CC(C)(C)OC(=O)NC(C)(C)C(=O)N[C@H](Cc1c[nH]c2ccccc12)C(=O)N1CCC[C@](Cc2ccccc2)(C(=O)O)C1. The van der Waals surface area contributed by atoms with E-state index in [0.29, 0.717) is 25.8 Å². The first-order valence-corrected chi connectivity index (χ1v) is 14.6. The molecule has 1 aliphatic rings. The summed E-state index contributed by atoms with van der Waals surface area (Å²) in [7, 11) is 0. The van der Waals surface area contributed by atoms with Crippen molar-refractivity contribution < 1.29 is 29.0 Å². The lowest BCUT2D eigenvalue weighted by molar-refractivity contribution is -0.155. The first-order chi connectivity index (χ1) is 20.2. The van der Waals surface area contributed by atoms with Crippen molar-refractivity contribution in [2.45, 2.75) is 77.5 Å². The van der Waals surface area contributed by atoms with E-state index in [1.54, 1.807) is 25.7 Å². The fourth-order valence-corrected chi connectivity index (χ4v) is 5.60. The molecule has 0 bridgehead atoms. The van der Waals surface area contributed by atoms with Gasteiger partial charge in [-0.25, -0.2) is 4.79 Å². The number of nitrogens with one attached hydrogen (secondary N) is 3. The van der Waals surface area contributed by atoms with Crippen LogP contribution in [0.15, 0.2) is 60.8 Å². The molecule has 2 aromatic carbocycles. The molecule has 0 unspecified atom stereocenters. The van der Waals surface area contributed by atoms with Gasteiger partial charge in [0.2, 0.25) is 11.8 Å². The summed E-state index contributed by atoms with van der Waals surface area (Å²) in [6.45, 7) is 8.65. The number of carboxylic acids is 1. The highest BCUT2D eigenvalue weighted by molar-refractivity contribution is 5.94. The number of ether oxygens (including phenoxy) is 1. The van der Waals surface area contributed by atoms with E-state index >= 15 is 0 Å². The van der Waals surface area contributed by atoms with Crippen molar-refractivity contribution in [3.8, 4) is 0 Å². The molecule has 230 valence electrons. The molecule has 1 fully saturated rings. The number of carboxylic acid groups (broad SMARTS) is 1. The number of likely N-dealkylation sites (tertiary alicyclic amines) is 1. The van der Waals surface area contributed by atoms with Crippen LogP contribution in [0, 0.1) is 5.41 Å². The average molecular weight is 591 g/mol. The molecule has 1 aliphatic heterocycles. The minimum Gasteiger partial charge on any atom is -0.481 e. The fraction of sp³-hybridized carbons (Fsp3) is 0.455. The number of nitrogens with zero attached hydrogens (tertiary/aromatic N) is 1. The topological polar surface area (TPSA) is 141 Å². The van der Waals surface area contributed by atoms with Gasteiger partial charge in [0, 0.05) is 36.6 Å². The summed E-state index contributed by atoms with van der Waals surface area (Å²) in [4.78, 5) is 57.7. The molecule has 0 radical (unpaired) electrons. The molecule has 2 atom stereocenters. The second-order valence-electron chi connectivity index (χ2n) is 13.0. The van der Waals surface area contributed by atoms with Crippen LogP contribution in [0.4, 0.5) is 4.79 Å². The predicted molar refractivity (Wildman–Crippen MR) is 163 cm³/mol. The molecule has 4 N–H and O–H groups in total.